The predicted molar refractivity (Wildman–Crippen MR) is 85.1 cm³/mol. The molecule has 0 amide bonds. The van der Waals surface area contributed by atoms with Crippen LogP contribution in [0.2, 0.25) is 0 Å². The number of thiophene rings is 1. The quantitative estimate of drug-likeness (QED) is 0.717. The molecule has 0 aliphatic carbocycles. The van der Waals surface area contributed by atoms with Crippen LogP contribution in [0.15, 0.2) is 12.1 Å². The first kappa shape index (κ1) is 16.7. The second-order valence-electron chi connectivity index (χ2n) is 5.67. The molecule has 1 aromatic rings. The number of hydrogen-bond donors (Lipinski definition) is 1. The molecular formula is C16H29NOS. The third-order valence-corrected chi connectivity index (χ3v) is 4.95. The van der Waals surface area contributed by atoms with E-state index >= 15 is 0 Å². The molecule has 0 aliphatic rings. The van der Waals surface area contributed by atoms with Crippen molar-refractivity contribution in [3.8, 4) is 0 Å². The molecule has 1 unspecified atom stereocenters. The first-order valence-electron chi connectivity index (χ1n) is 7.39. The van der Waals surface area contributed by atoms with E-state index in [0.717, 1.165) is 25.8 Å². The van der Waals surface area contributed by atoms with E-state index in [-0.39, 0.29) is 5.60 Å². The summed E-state index contributed by atoms with van der Waals surface area (Å²) in [6.45, 7) is 9.84. The number of aryl methyl sites for hydroxylation is 1. The molecule has 0 aromatic carbocycles. The second-order valence-corrected chi connectivity index (χ2v) is 6.87. The summed E-state index contributed by atoms with van der Waals surface area (Å²) in [6, 6.07) is 5.03. The molecular weight excluding hydrogens is 254 g/mol. The van der Waals surface area contributed by atoms with Crippen LogP contribution in [0, 0.1) is 0 Å². The Morgan fingerprint density at radius 1 is 1.32 bits per heavy atom. The SMILES string of the molecule is CCCNC(CCC(C)(C)OC)c1ccc(CC)s1. The van der Waals surface area contributed by atoms with Crippen molar-refractivity contribution in [2.75, 3.05) is 13.7 Å². The van der Waals surface area contributed by atoms with Gasteiger partial charge in [-0.25, -0.2) is 0 Å². The van der Waals surface area contributed by atoms with Crippen molar-refractivity contribution >= 4 is 11.3 Å². The van der Waals surface area contributed by atoms with Crippen LogP contribution in [-0.2, 0) is 11.2 Å². The lowest BCUT2D eigenvalue weighted by Crippen LogP contribution is -2.27. The van der Waals surface area contributed by atoms with Gasteiger partial charge in [-0.1, -0.05) is 13.8 Å². The molecule has 110 valence electrons. The molecule has 0 aliphatic heterocycles. The van der Waals surface area contributed by atoms with Gasteiger partial charge in [0.2, 0.25) is 0 Å². The maximum absolute atomic E-state index is 5.53. The van der Waals surface area contributed by atoms with Gasteiger partial charge < -0.3 is 10.1 Å². The Bertz CT molecular complexity index is 359. The molecule has 3 heteroatoms. The average molecular weight is 283 g/mol. The van der Waals surface area contributed by atoms with Crippen LogP contribution in [0.4, 0.5) is 0 Å². The van der Waals surface area contributed by atoms with Crippen LogP contribution < -0.4 is 5.32 Å². The number of methoxy groups -OCH3 is 1. The summed E-state index contributed by atoms with van der Waals surface area (Å²) in [6.07, 6.45) is 4.51. The zero-order valence-corrected chi connectivity index (χ0v) is 13.9. The maximum Gasteiger partial charge on any atom is 0.0623 e. The molecule has 0 saturated carbocycles. The molecule has 19 heavy (non-hydrogen) atoms. The van der Waals surface area contributed by atoms with E-state index in [1.54, 1.807) is 7.11 Å². The van der Waals surface area contributed by atoms with Crippen molar-refractivity contribution < 1.29 is 4.74 Å². The van der Waals surface area contributed by atoms with Crippen LogP contribution in [0.25, 0.3) is 0 Å². The summed E-state index contributed by atoms with van der Waals surface area (Å²) in [5.74, 6) is 0. The third kappa shape index (κ3) is 5.64. The molecule has 0 fully saturated rings. The lowest BCUT2D eigenvalue weighted by molar-refractivity contribution is 0.0117. The van der Waals surface area contributed by atoms with Gasteiger partial charge in [-0.15, -0.1) is 11.3 Å². The largest absolute Gasteiger partial charge is 0.379 e. The minimum atomic E-state index is -0.0308. The van der Waals surface area contributed by atoms with Crippen molar-refractivity contribution in [3.05, 3.63) is 21.9 Å². The van der Waals surface area contributed by atoms with E-state index in [0.29, 0.717) is 6.04 Å². The highest BCUT2D eigenvalue weighted by Crippen LogP contribution is 2.29. The van der Waals surface area contributed by atoms with Gasteiger partial charge in [0.15, 0.2) is 0 Å². The van der Waals surface area contributed by atoms with Gasteiger partial charge in [-0.2, -0.15) is 0 Å². The zero-order chi connectivity index (χ0) is 14.3. The molecule has 2 nitrogen and oxygen atoms in total. The highest BCUT2D eigenvalue weighted by Gasteiger charge is 2.20. The van der Waals surface area contributed by atoms with E-state index < -0.39 is 0 Å². The van der Waals surface area contributed by atoms with Gasteiger partial charge >= 0.3 is 0 Å². The summed E-state index contributed by atoms with van der Waals surface area (Å²) in [4.78, 5) is 2.95. The van der Waals surface area contributed by atoms with E-state index in [4.69, 9.17) is 4.74 Å². The number of rotatable bonds is 9. The van der Waals surface area contributed by atoms with E-state index in [9.17, 15) is 0 Å². The first-order chi connectivity index (χ1) is 9.02. The monoisotopic (exact) mass is 283 g/mol. The van der Waals surface area contributed by atoms with Gasteiger partial charge in [-0.3, -0.25) is 0 Å². The number of ether oxygens (including phenoxy) is 1. The summed E-state index contributed by atoms with van der Waals surface area (Å²) in [5.41, 5.74) is -0.0308. The van der Waals surface area contributed by atoms with E-state index in [2.05, 4.69) is 45.1 Å². The summed E-state index contributed by atoms with van der Waals surface area (Å²) in [7, 11) is 1.80. The van der Waals surface area contributed by atoms with Crippen LogP contribution in [0.3, 0.4) is 0 Å². The third-order valence-electron chi connectivity index (χ3n) is 3.60. The van der Waals surface area contributed by atoms with Gasteiger partial charge in [0.25, 0.3) is 0 Å². The maximum atomic E-state index is 5.53. The van der Waals surface area contributed by atoms with Crippen molar-refractivity contribution in [2.45, 2.75) is 65.0 Å². The fourth-order valence-electron chi connectivity index (χ4n) is 2.03. The molecule has 1 atom stereocenters. The Labute approximate surface area is 122 Å². The Morgan fingerprint density at radius 3 is 2.58 bits per heavy atom. The summed E-state index contributed by atoms with van der Waals surface area (Å²) < 4.78 is 5.53. The highest BCUT2D eigenvalue weighted by atomic mass is 32.1. The topological polar surface area (TPSA) is 21.3 Å². The molecule has 0 bridgehead atoms. The van der Waals surface area contributed by atoms with Crippen LogP contribution in [-0.4, -0.2) is 19.3 Å². The lowest BCUT2D eigenvalue weighted by Gasteiger charge is -2.26. The molecule has 1 aromatic heterocycles. The van der Waals surface area contributed by atoms with Crippen molar-refractivity contribution in [3.63, 3.8) is 0 Å². The fraction of sp³-hybridized carbons (Fsp3) is 0.750. The smallest absolute Gasteiger partial charge is 0.0623 e. The predicted octanol–water partition coefficient (Wildman–Crippen LogP) is 4.56. The van der Waals surface area contributed by atoms with Gasteiger partial charge in [0.1, 0.15) is 0 Å². The normalized spacial score (nSPS) is 13.7. The Hall–Kier alpha value is -0.380. The second kappa shape index (κ2) is 8.03. The average Bonchev–Trinajstić information content (AvgIpc) is 2.87. The van der Waals surface area contributed by atoms with Gasteiger partial charge in [-0.05, 0) is 58.2 Å². The number of nitrogens with one attached hydrogen (secondary N) is 1. The number of hydrogen-bond acceptors (Lipinski definition) is 3. The molecule has 1 rings (SSSR count). The van der Waals surface area contributed by atoms with Crippen molar-refractivity contribution in [2.24, 2.45) is 0 Å². The van der Waals surface area contributed by atoms with E-state index in [1.165, 1.54) is 16.2 Å². The standard InChI is InChI=1S/C16H29NOS/c1-6-12-17-14(10-11-16(3,4)18-5)15-9-8-13(7-2)19-15/h8-9,14,17H,6-7,10-12H2,1-5H3. The molecule has 0 saturated heterocycles. The lowest BCUT2D eigenvalue weighted by atomic mass is 9.98. The Kier molecular flexibility index (Phi) is 7.05. The Morgan fingerprint density at radius 2 is 2.05 bits per heavy atom. The zero-order valence-electron chi connectivity index (χ0n) is 13.1. The van der Waals surface area contributed by atoms with Crippen LogP contribution in [0.5, 0.6) is 0 Å². The minimum absolute atomic E-state index is 0.0308. The highest BCUT2D eigenvalue weighted by molar-refractivity contribution is 7.12. The van der Waals surface area contributed by atoms with Crippen LogP contribution in [0.1, 0.15) is 62.8 Å². The molecule has 1 N–H and O–H groups in total. The van der Waals surface area contributed by atoms with Crippen LogP contribution >= 0.6 is 11.3 Å². The van der Waals surface area contributed by atoms with Gasteiger partial charge in [0, 0.05) is 22.9 Å². The summed E-state index contributed by atoms with van der Waals surface area (Å²) in [5, 5.41) is 3.67. The minimum Gasteiger partial charge on any atom is -0.379 e. The fourth-order valence-corrected chi connectivity index (χ4v) is 3.09. The first-order valence-corrected chi connectivity index (χ1v) is 8.21. The van der Waals surface area contributed by atoms with Gasteiger partial charge in [0.05, 0.1) is 5.60 Å². The summed E-state index contributed by atoms with van der Waals surface area (Å²) >= 11 is 1.95. The van der Waals surface area contributed by atoms with Crippen molar-refractivity contribution in [1.29, 1.82) is 0 Å². The van der Waals surface area contributed by atoms with Crippen molar-refractivity contribution in [1.82, 2.24) is 5.32 Å². The molecule has 1 heterocycles. The Balaban J connectivity index is 2.65. The van der Waals surface area contributed by atoms with E-state index in [1.807, 2.05) is 11.3 Å². The molecule has 0 spiro atoms. The molecule has 0 radical (unpaired) electrons.